The van der Waals surface area contributed by atoms with Crippen molar-refractivity contribution in [3.05, 3.63) is 47.0 Å². The average Bonchev–Trinajstić information content (AvgIpc) is 2.37. The Morgan fingerprint density at radius 1 is 1.37 bits per heavy atom. The van der Waals surface area contributed by atoms with Gasteiger partial charge in [0.05, 0.1) is 6.42 Å². The lowest BCUT2D eigenvalue weighted by molar-refractivity contribution is -0.141. The number of hydrogen-bond acceptors (Lipinski definition) is 2. The van der Waals surface area contributed by atoms with Gasteiger partial charge < -0.3 is 10.4 Å². The van der Waals surface area contributed by atoms with Gasteiger partial charge in [0.15, 0.2) is 0 Å². The van der Waals surface area contributed by atoms with E-state index in [-0.39, 0.29) is 18.7 Å². The average molecular weight is 282 g/mol. The highest BCUT2D eigenvalue weighted by atomic mass is 35.5. The quantitative estimate of drug-likeness (QED) is 0.787. The Balaban J connectivity index is 2.57. The summed E-state index contributed by atoms with van der Waals surface area (Å²) in [5.74, 6) is -1.36. The van der Waals surface area contributed by atoms with Crippen LogP contribution in [0.4, 0.5) is 0 Å². The molecule has 1 amide bonds. The summed E-state index contributed by atoms with van der Waals surface area (Å²) in [5, 5.41) is 12.1. The zero-order chi connectivity index (χ0) is 14.3. The monoisotopic (exact) mass is 281 g/mol. The van der Waals surface area contributed by atoms with Crippen molar-refractivity contribution in [2.24, 2.45) is 0 Å². The van der Waals surface area contributed by atoms with Crippen molar-refractivity contribution >= 4 is 23.5 Å². The summed E-state index contributed by atoms with van der Waals surface area (Å²) in [6, 6.07) is 5.97. The Morgan fingerprint density at radius 3 is 2.53 bits per heavy atom. The van der Waals surface area contributed by atoms with Crippen molar-refractivity contribution in [2.75, 3.05) is 0 Å². The van der Waals surface area contributed by atoms with E-state index in [0.717, 1.165) is 5.56 Å². The fraction of sp³-hybridized carbons (Fsp3) is 0.286. The molecule has 0 heterocycles. The molecule has 1 atom stereocenters. The van der Waals surface area contributed by atoms with E-state index in [1.54, 1.807) is 43.3 Å². The smallest absolute Gasteiger partial charge is 0.326 e. The van der Waals surface area contributed by atoms with Crippen molar-refractivity contribution in [1.82, 2.24) is 5.32 Å². The van der Waals surface area contributed by atoms with E-state index < -0.39 is 12.0 Å². The fourth-order valence-corrected chi connectivity index (χ4v) is 1.65. The third-order valence-corrected chi connectivity index (χ3v) is 2.77. The molecule has 1 aromatic carbocycles. The van der Waals surface area contributed by atoms with Gasteiger partial charge in [-0.3, -0.25) is 4.79 Å². The lowest BCUT2D eigenvalue weighted by Crippen LogP contribution is -2.41. The second-order valence-corrected chi connectivity index (χ2v) is 4.50. The number of rotatable bonds is 6. The van der Waals surface area contributed by atoms with E-state index in [2.05, 4.69) is 5.32 Å². The predicted molar refractivity (Wildman–Crippen MR) is 74.2 cm³/mol. The minimum Gasteiger partial charge on any atom is -0.480 e. The topological polar surface area (TPSA) is 66.4 Å². The largest absolute Gasteiger partial charge is 0.480 e. The molecule has 102 valence electrons. The highest BCUT2D eigenvalue weighted by molar-refractivity contribution is 6.30. The van der Waals surface area contributed by atoms with Crippen molar-refractivity contribution in [3.8, 4) is 0 Å². The third-order valence-electron chi connectivity index (χ3n) is 2.52. The number of carbonyl (C=O) groups is 2. The highest BCUT2D eigenvalue weighted by Crippen LogP contribution is 2.10. The molecule has 19 heavy (non-hydrogen) atoms. The second-order valence-electron chi connectivity index (χ2n) is 4.07. The van der Waals surface area contributed by atoms with Gasteiger partial charge in [0.2, 0.25) is 5.91 Å². The summed E-state index contributed by atoms with van der Waals surface area (Å²) in [5.41, 5.74) is 0.789. The lowest BCUT2D eigenvalue weighted by atomic mass is 10.1. The summed E-state index contributed by atoms with van der Waals surface area (Å²) < 4.78 is 0. The third kappa shape index (κ3) is 5.57. The molecule has 0 aromatic heterocycles. The number of aliphatic carboxylic acids is 1. The van der Waals surface area contributed by atoms with E-state index in [9.17, 15) is 9.59 Å². The van der Waals surface area contributed by atoms with Crippen LogP contribution in [0.5, 0.6) is 0 Å². The van der Waals surface area contributed by atoms with E-state index >= 15 is 0 Å². The van der Waals surface area contributed by atoms with Gasteiger partial charge in [-0.1, -0.05) is 35.9 Å². The number of nitrogens with one attached hydrogen (secondary N) is 1. The lowest BCUT2D eigenvalue weighted by Gasteiger charge is -2.12. The molecule has 0 radical (unpaired) electrons. The van der Waals surface area contributed by atoms with Crippen molar-refractivity contribution in [2.45, 2.75) is 25.8 Å². The molecule has 0 fully saturated rings. The first-order valence-corrected chi connectivity index (χ1v) is 6.28. The van der Waals surface area contributed by atoms with Crippen molar-refractivity contribution in [1.29, 1.82) is 0 Å². The zero-order valence-corrected chi connectivity index (χ0v) is 11.4. The van der Waals surface area contributed by atoms with Crippen molar-refractivity contribution in [3.63, 3.8) is 0 Å². The zero-order valence-electron chi connectivity index (χ0n) is 10.6. The Hall–Kier alpha value is -1.81. The maximum absolute atomic E-state index is 11.7. The molecule has 0 saturated carbocycles. The van der Waals surface area contributed by atoms with Crippen LogP contribution in [-0.4, -0.2) is 23.0 Å². The van der Waals surface area contributed by atoms with Crippen molar-refractivity contribution < 1.29 is 14.7 Å². The van der Waals surface area contributed by atoms with Crippen LogP contribution in [-0.2, 0) is 16.0 Å². The summed E-state index contributed by atoms with van der Waals surface area (Å²) in [6.07, 6.45) is 3.87. The first-order valence-electron chi connectivity index (χ1n) is 5.90. The Kier molecular flexibility index (Phi) is 6.09. The van der Waals surface area contributed by atoms with Gasteiger partial charge in [0.25, 0.3) is 0 Å². The molecule has 0 bridgehead atoms. The van der Waals surface area contributed by atoms with Gasteiger partial charge >= 0.3 is 5.97 Å². The predicted octanol–water partition coefficient (Wildman–Crippen LogP) is 2.42. The molecule has 0 aliphatic heterocycles. The Morgan fingerprint density at radius 2 is 2.00 bits per heavy atom. The summed E-state index contributed by atoms with van der Waals surface area (Å²) >= 11 is 5.75. The Bertz CT molecular complexity index is 468. The molecule has 0 aliphatic rings. The summed E-state index contributed by atoms with van der Waals surface area (Å²) in [4.78, 5) is 22.7. The molecule has 2 N–H and O–H groups in total. The van der Waals surface area contributed by atoms with Crippen LogP contribution in [0.15, 0.2) is 36.4 Å². The van der Waals surface area contributed by atoms with Crippen LogP contribution in [0.2, 0.25) is 5.02 Å². The van der Waals surface area contributed by atoms with Crippen LogP contribution in [0, 0.1) is 0 Å². The van der Waals surface area contributed by atoms with Crippen LogP contribution in [0.1, 0.15) is 18.9 Å². The van der Waals surface area contributed by atoms with E-state index in [0.29, 0.717) is 5.02 Å². The van der Waals surface area contributed by atoms with Gasteiger partial charge in [0, 0.05) is 5.02 Å². The minimum atomic E-state index is -1.04. The van der Waals surface area contributed by atoms with Crippen LogP contribution >= 0.6 is 11.6 Å². The summed E-state index contributed by atoms with van der Waals surface area (Å²) in [6.45, 7) is 1.80. The van der Waals surface area contributed by atoms with E-state index in [1.807, 2.05) is 0 Å². The molecule has 1 unspecified atom stereocenters. The standard InChI is InChI=1S/C14H16ClNO3/c1-2-3-4-12(14(18)19)16-13(17)9-10-5-7-11(15)8-6-10/h2-3,5-8,12H,4,9H2,1H3,(H,16,17)(H,18,19)/b3-2+. The number of carbonyl (C=O) groups excluding carboxylic acids is 1. The molecule has 5 heteroatoms. The number of hydrogen-bond donors (Lipinski definition) is 2. The summed E-state index contributed by atoms with van der Waals surface area (Å²) in [7, 11) is 0. The second kappa shape index (κ2) is 7.59. The Labute approximate surface area is 117 Å². The van der Waals surface area contributed by atoms with Gasteiger partial charge in [-0.25, -0.2) is 4.79 Å². The maximum Gasteiger partial charge on any atom is 0.326 e. The molecular weight excluding hydrogens is 266 g/mol. The fourth-order valence-electron chi connectivity index (χ4n) is 1.53. The van der Waals surface area contributed by atoms with E-state index in [4.69, 9.17) is 16.7 Å². The molecule has 0 spiro atoms. The number of amides is 1. The van der Waals surface area contributed by atoms with Gasteiger partial charge in [0.1, 0.15) is 6.04 Å². The van der Waals surface area contributed by atoms with E-state index in [1.165, 1.54) is 0 Å². The van der Waals surface area contributed by atoms with Crippen LogP contribution in [0.3, 0.4) is 0 Å². The molecule has 1 aromatic rings. The van der Waals surface area contributed by atoms with Crippen LogP contribution < -0.4 is 5.32 Å². The van der Waals surface area contributed by atoms with Gasteiger partial charge in [-0.15, -0.1) is 0 Å². The maximum atomic E-state index is 11.7. The first kappa shape index (κ1) is 15.2. The minimum absolute atomic E-state index is 0.136. The van der Waals surface area contributed by atoms with Gasteiger partial charge in [-0.2, -0.15) is 0 Å². The number of halogens is 1. The molecule has 0 saturated heterocycles. The molecule has 4 nitrogen and oxygen atoms in total. The normalized spacial score (nSPS) is 12.3. The molecule has 1 rings (SSSR count). The number of carboxylic acids is 1. The molecule has 0 aliphatic carbocycles. The van der Waals surface area contributed by atoms with Crippen LogP contribution in [0.25, 0.3) is 0 Å². The SMILES string of the molecule is C/C=C/CC(NC(=O)Cc1ccc(Cl)cc1)C(=O)O. The molecular formula is C14H16ClNO3. The number of allylic oxidation sites excluding steroid dienone is 1. The number of benzene rings is 1. The first-order chi connectivity index (χ1) is 9.02. The highest BCUT2D eigenvalue weighted by Gasteiger charge is 2.18. The number of carboxylic acid groups (broad SMARTS) is 1. The van der Waals surface area contributed by atoms with Gasteiger partial charge in [-0.05, 0) is 31.0 Å².